The summed E-state index contributed by atoms with van der Waals surface area (Å²) in [6.45, 7) is 9.10. The van der Waals surface area contributed by atoms with Crippen molar-refractivity contribution in [1.82, 2.24) is 0 Å². The van der Waals surface area contributed by atoms with Gasteiger partial charge in [-0.15, -0.1) is 0 Å². The molecule has 0 saturated heterocycles. The fourth-order valence-corrected chi connectivity index (χ4v) is 7.65. The second-order valence-electron chi connectivity index (χ2n) is 3.01. The van der Waals surface area contributed by atoms with E-state index in [4.69, 9.17) is 4.12 Å². The molecule has 0 rings (SSSR count). The van der Waals surface area contributed by atoms with Crippen molar-refractivity contribution in [2.75, 3.05) is 0 Å². The number of hydrogen-bond donors (Lipinski definition) is 0. The summed E-state index contributed by atoms with van der Waals surface area (Å²) in [6, 6.07) is 5.28. The summed E-state index contributed by atoms with van der Waals surface area (Å²) in [4.78, 5) is 0. The van der Waals surface area contributed by atoms with E-state index in [1.807, 2.05) is 0 Å². The van der Waals surface area contributed by atoms with E-state index >= 15 is 0 Å². The predicted octanol–water partition coefficient (Wildman–Crippen LogP) is 2.53. The summed E-state index contributed by atoms with van der Waals surface area (Å²) in [6.07, 6.45) is 0. The van der Waals surface area contributed by atoms with Gasteiger partial charge in [0.15, 0.2) is 18.1 Å². The van der Waals surface area contributed by atoms with Crippen molar-refractivity contribution >= 4 is 18.1 Å². The van der Waals surface area contributed by atoms with Gasteiger partial charge in [0, 0.05) is 0 Å². The third-order valence-electron chi connectivity index (χ3n) is 2.21. The van der Waals surface area contributed by atoms with Crippen molar-refractivity contribution in [3.05, 3.63) is 0 Å². The molecule has 3 heteroatoms. The smallest absolute Gasteiger partial charge is 0.162 e. The lowest BCUT2D eigenvalue weighted by Crippen LogP contribution is -2.26. The summed E-state index contributed by atoms with van der Waals surface area (Å²) in [5.41, 5.74) is 0. The standard InChI is InChI=1S/C8H22OSi2/c1-5-10(6-2)9-11(7-3)8-4/h10-11H,5-8H2,1-4H3. The van der Waals surface area contributed by atoms with E-state index in [1.165, 1.54) is 24.2 Å². The first-order valence-electron chi connectivity index (χ1n) is 4.93. The molecule has 0 aliphatic carbocycles. The van der Waals surface area contributed by atoms with Crippen LogP contribution in [0.1, 0.15) is 27.7 Å². The Morgan fingerprint density at radius 3 is 1.18 bits per heavy atom. The van der Waals surface area contributed by atoms with Gasteiger partial charge in [0.25, 0.3) is 0 Å². The molecule has 68 valence electrons. The Kier molecular flexibility index (Phi) is 7.32. The zero-order valence-electron chi connectivity index (χ0n) is 8.39. The number of hydrogen-bond acceptors (Lipinski definition) is 1. The second kappa shape index (κ2) is 7.07. The Hall–Kier alpha value is 0.394. The Morgan fingerprint density at radius 1 is 0.727 bits per heavy atom. The summed E-state index contributed by atoms with van der Waals surface area (Å²) in [5.74, 6) is 0. The Balaban J connectivity index is 3.58. The van der Waals surface area contributed by atoms with Gasteiger partial charge in [-0.25, -0.2) is 0 Å². The summed E-state index contributed by atoms with van der Waals surface area (Å²) in [7, 11) is -1.45. The van der Waals surface area contributed by atoms with E-state index in [2.05, 4.69) is 27.7 Å². The Morgan fingerprint density at radius 2 is 1.00 bits per heavy atom. The minimum absolute atomic E-state index is 0.724. The van der Waals surface area contributed by atoms with Gasteiger partial charge in [0.2, 0.25) is 0 Å². The molecule has 0 bridgehead atoms. The molecule has 0 N–H and O–H groups in total. The SMILES string of the molecule is CC[SiH](CC)O[SiH](CC)CC. The maximum absolute atomic E-state index is 6.12. The van der Waals surface area contributed by atoms with Crippen LogP contribution >= 0.6 is 0 Å². The third-order valence-corrected chi connectivity index (χ3v) is 8.93. The first kappa shape index (κ1) is 11.4. The topological polar surface area (TPSA) is 9.23 Å². The lowest BCUT2D eigenvalue weighted by molar-refractivity contribution is 0.576. The molecule has 0 aromatic rings. The van der Waals surface area contributed by atoms with Crippen molar-refractivity contribution in [3.8, 4) is 0 Å². The molecule has 0 spiro atoms. The minimum Gasteiger partial charge on any atom is -0.460 e. The molecule has 1 nitrogen and oxygen atoms in total. The normalized spacial score (nSPS) is 11.5. The average molecular weight is 190 g/mol. The van der Waals surface area contributed by atoms with Crippen LogP contribution < -0.4 is 0 Å². The van der Waals surface area contributed by atoms with Crippen molar-refractivity contribution in [2.24, 2.45) is 0 Å². The Bertz CT molecular complexity index is 70.2. The van der Waals surface area contributed by atoms with Crippen LogP contribution in [0.5, 0.6) is 0 Å². The van der Waals surface area contributed by atoms with Crippen molar-refractivity contribution in [1.29, 1.82) is 0 Å². The molecule has 0 saturated carbocycles. The van der Waals surface area contributed by atoms with Crippen LogP contribution in [-0.4, -0.2) is 18.1 Å². The van der Waals surface area contributed by atoms with E-state index in [0.29, 0.717) is 0 Å². The first-order valence-corrected chi connectivity index (χ1v) is 9.14. The monoisotopic (exact) mass is 190 g/mol. The zero-order valence-corrected chi connectivity index (χ0v) is 10.7. The molecule has 0 unspecified atom stereocenters. The van der Waals surface area contributed by atoms with Gasteiger partial charge in [-0.2, -0.15) is 0 Å². The van der Waals surface area contributed by atoms with Gasteiger partial charge in [-0.3, -0.25) is 0 Å². The molecule has 0 heterocycles. The highest BCUT2D eigenvalue weighted by Crippen LogP contribution is 2.07. The van der Waals surface area contributed by atoms with Gasteiger partial charge in [-0.05, 0) is 24.2 Å². The molecule has 0 radical (unpaired) electrons. The van der Waals surface area contributed by atoms with E-state index in [0.717, 1.165) is 0 Å². The van der Waals surface area contributed by atoms with Crippen molar-refractivity contribution in [3.63, 3.8) is 0 Å². The molecular formula is C8H22OSi2. The summed E-state index contributed by atoms with van der Waals surface area (Å²) >= 11 is 0. The lowest BCUT2D eigenvalue weighted by atomic mass is 10.9. The molecule has 0 amide bonds. The molecule has 0 aliphatic heterocycles. The van der Waals surface area contributed by atoms with Gasteiger partial charge in [0.1, 0.15) is 0 Å². The van der Waals surface area contributed by atoms with E-state index < -0.39 is 18.1 Å². The fraction of sp³-hybridized carbons (Fsp3) is 1.00. The van der Waals surface area contributed by atoms with Crippen molar-refractivity contribution < 1.29 is 4.12 Å². The van der Waals surface area contributed by atoms with Crippen LogP contribution in [0.2, 0.25) is 24.2 Å². The van der Waals surface area contributed by atoms with Crippen LogP contribution in [0.15, 0.2) is 0 Å². The van der Waals surface area contributed by atoms with Crippen LogP contribution in [0, 0.1) is 0 Å². The molecule has 0 aliphatic rings. The molecule has 0 atom stereocenters. The highest BCUT2D eigenvalue weighted by atomic mass is 28.4. The van der Waals surface area contributed by atoms with Crippen LogP contribution in [0.3, 0.4) is 0 Å². The third kappa shape index (κ3) is 4.77. The lowest BCUT2D eigenvalue weighted by Gasteiger charge is -2.19. The molecule has 0 aromatic carbocycles. The molecule has 0 aromatic heterocycles. The zero-order chi connectivity index (χ0) is 8.69. The largest absolute Gasteiger partial charge is 0.460 e. The van der Waals surface area contributed by atoms with E-state index in [9.17, 15) is 0 Å². The summed E-state index contributed by atoms with van der Waals surface area (Å²) in [5, 5.41) is 0. The van der Waals surface area contributed by atoms with Gasteiger partial charge < -0.3 is 4.12 Å². The van der Waals surface area contributed by atoms with E-state index in [-0.39, 0.29) is 0 Å². The predicted molar refractivity (Wildman–Crippen MR) is 57.3 cm³/mol. The van der Waals surface area contributed by atoms with Gasteiger partial charge >= 0.3 is 0 Å². The van der Waals surface area contributed by atoms with Gasteiger partial charge in [0.05, 0.1) is 0 Å². The maximum Gasteiger partial charge on any atom is 0.162 e. The summed E-state index contributed by atoms with van der Waals surface area (Å²) < 4.78 is 6.12. The second-order valence-corrected chi connectivity index (χ2v) is 9.86. The highest BCUT2D eigenvalue weighted by molar-refractivity contribution is 6.65. The molecule has 0 fully saturated rings. The fourth-order valence-electron chi connectivity index (χ4n) is 1.23. The van der Waals surface area contributed by atoms with E-state index in [1.54, 1.807) is 0 Å². The molecule has 11 heavy (non-hydrogen) atoms. The Labute approximate surface area is 74.6 Å². The van der Waals surface area contributed by atoms with Crippen LogP contribution in [0.4, 0.5) is 0 Å². The highest BCUT2D eigenvalue weighted by Gasteiger charge is 2.12. The maximum atomic E-state index is 6.12. The van der Waals surface area contributed by atoms with Gasteiger partial charge in [-0.1, -0.05) is 27.7 Å². The first-order chi connectivity index (χ1) is 5.28. The quantitative estimate of drug-likeness (QED) is 0.585. The number of rotatable bonds is 6. The van der Waals surface area contributed by atoms with Crippen LogP contribution in [0.25, 0.3) is 0 Å². The minimum atomic E-state index is -0.724. The average Bonchev–Trinajstić information content (AvgIpc) is 2.07. The van der Waals surface area contributed by atoms with Crippen molar-refractivity contribution in [2.45, 2.75) is 51.9 Å². The van der Waals surface area contributed by atoms with Crippen LogP contribution in [-0.2, 0) is 4.12 Å². The molecular weight excluding hydrogens is 168 g/mol.